The molecule has 4 nitrogen and oxygen atoms in total. The van der Waals surface area contributed by atoms with Gasteiger partial charge in [0, 0.05) is 11.8 Å². The van der Waals surface area contributed by atoms with Crippen molar-refractivity contribution in [2.75, 3.05) is 7.11 Å². The van der Waals surface area contributed by atoms with Crippen molar-refractivity contribution < 1.29 is 14.3 Å². The molecule has 2 heterocycles. The topological polar surface area (TPSA) is 40.5 Å². The number of hydrogen-bond donors (Lipinski definition) is 0. The average molecular weight is 305 g/mol. The number of para-hydroxylation sites is 2. The number of carbonyl (C=O) groups excluding carboxylic acids is 1. The number of methoxy groups -OCH3 is 1. The molecule has 0 saturated carbocycles. The standard InChI is InChI=1S/C19H15NO3/c1-22-14-7-4-6-13(12-14)19-18(21)16-9-5-11-20(16)15-8-2-3-10-17(15)23-19/h2-12,19H,1H3. The molecule has 1 aliphatic heterocycles. The second kappa shape index (κ2) is 5.32. The number of ether oxygens (including phenoxy) is 2. The third-order valence-corrected chi connectivity index (χ3v) is 4.01. The normalized spacial score (nSPS) is 16.0. The first kappa shape index (κ1) is 13.6. The van der Waals surface area contributed by atoms with E-state index in [9.17, 15) is 4.79 Å². The number of nitrogens with zero attached hydrogens (tertiary/aromatic N) is 1. The summed E-state index contributed by atoms with van der Waals surface area (Å²) in [6.07, 6.45) is 1.19. The van der Waals surface area contributed by atoms with Gasteiger partial charge in [0.25, 0.3) is 0 Å². The van der Waals surface area contributed by atoms with Crippen LogP contribution in [0.5, 0.6) is 11.5 Å². The molecule has 1 unspecified atom stereocenters. The Labute approximate surface area is 133 Å². The van der Waals surface area contributed by atoms with Crippen molar-refractivity contribution in [2.24, 2.45) is 0 Å². The number of Topliss-reactive ketones (excluding diaryl/α,β-unsaturated/α-hetero) is 1. The van der Waals surface area contributed by atoms with E-state index < -0.39 is 6.10 Å². The molecule has 0 fully saturated rings. The molecule has 1 aliphatic rings. The monoisotopic (exact) mass is 305 g/mol. The molecule has 0 saturated heterocycles. The lowest BCUT2D eigenvalue weighted by atomic mass is 10.0. The number of fused-ring (bicyclic) bond motifs is 3. The van der Waals surface area contributed by atoms with Crippen LogP contribution in [-0.4, -0.2) is 17.5 Å². The molecule has 0 N–H and O–H groups in total. The number of carbonyl (C=O) groups is 1. The average Bonchev–Trinajstić information content (AvgIpc) is 3.05. The second-order valence-electron chi connectivity index (χ2n) is 5.37. The third-order valence-electron chi connectivity index (χ3n) is 4.01. The van der Waals surface area contributed by atoms with Crippen LogP contribution in [0.2, 0.25) is 0 Å². The van der Waals surface area contributed by atoms with Gasteiger partial charge >= 0.3 is 0 Å². The molecule has 23 heavy (non-hydrogen) atoms. The summed E-state index contributed by atoms with van der Waals surface area (Å²) in [5.74, 6) is 1.31. The van der Waals surface area contributed by atoms with Crippen molar-refractivity contribution in [3.63, 3.8) is 0 Å². The van der Waals surface area contributed by atoms with Gasteiger partial charge in [0.2, 0.25) is 5.78 Å². The molecule has 0 bridgehead atoms. The van der Waals surface area contributed by atoms with Crippen molar-refractivity contribution in [3.8, 4) is 17.2 Å². The van der Waals surface area contributed by atoms with E-state index in [1.165, 1.54) is 0 Å². The fourth-order valence-electron chi connectivity index (χ4n) is 2.89. The summed E-state index contributed by atoms with van der Waals surface area (Å²) in [4.78, 5) is 13.0. The van der Waals surface area contributed by atoms with Crippen LogP contribution in [-0.2, 0) is 0 Å². The smallest absolute Gasteiger partial charge is 0.224 e. The van der Waals surface area contributed by atoms with Crippen molar-refractivity contribution in [2.45, 2.75) is 6.10 Å². The maximum atomic E-state index is 13.0. The number of rotatable bonds is 2. The molecule has 4 rings (SSSR count). The fourth-order valence-corrected chi connectivity index (χ4v) is 2.89. The molecule has 3 aromatic rings. The van der Waals surface area contributed by atoms with E-state index in [4.69, 9.17) is 9.47 Å². The zero-order valence-corrected chi connectivity index (χ0v) is 12.6. The minimum Gasteiger partial charge on any atom is -0.497 e. The molecule has 1 aromatic heterocycles. The quantitative estimate of drug-likeness (QED) is 0.723. The van der Waals surface area contributed by atoms with Crippen LogP contribution in [0.25, 0.3) is 5.69 Å². The maximum Gasteiger partial charge on any atom is 0.224 e. The van der Waals surface area contributed by atoms with Gasteiger partial charge in [-0.2, -0.15) is 0 Å². The highest BCUT2D eigenvalue weighted by Crippen LogP contribution is 2.35. The van der Waals surface area contributed by atoms with E-state index in [0.29, 0.717) is 17.2 Å². The van der Waals surface area contributed by atoms with Gasteiger partial charge in [0.05, 0.1) is 18.5 Å². The summed E-state index contributed by atoms with van der Waals surface area (Å²) in [5, 5.41) is 0. The Hall–Kier alpha value is -3.01. The molecular formula is C19H15NO3. The Bertz CT molecular complexity index is 882. The Morgan fingerprint density at radius 1 is 1.04 bits per heavy atom. The van der Waals surface area contributed by atoms with Gasteiger partial charge < -0.3 is 14.0 Å². The minimum atomic E-state index is -0.692. The first-order valence-electron chi connectivity index (χ1n) is 7.39. The lowest BCUT2D eigenvalue weighted by Crippen LogP contribution is -2.18. The lowest BCUT2D eigenvalue weighted by Gasteiger charge is -2.17. The summed E-state index contributed by atoms with van der Waals surface area (Å²) in [7, 11) is 1.61. The number of ketones is 1. The van der Waals surface area contributed by atoms with Crippen LogP contribution in [0, 0.1) is 0 Å². The SMILES string of the molecule is COc1cccc(C2Oc3ccccc3-n3cccc3C2=O)c1. The van der Waals surface area contributed by atoms with Gasteiger partial charge in [0.1, 0.15) is 11.5 Å². The van der Waals surface area contributed by atoms with E-state index in [-0.39, 0.29) is 5.78 Å². The molecular weight excluding hydrogens is 290 g/mol. The first-order valence-corrected chi connectivity index (χ1v) is 7.39. The summed E-state index contributed by atoms with van der Waals surface area (Å²) in [6, 6.07) is 18.8. The fraction of sp³-hybridized carbons (Fsp3) is 0.105. The van der Waals surface area contributed by atoms with Crippen LogP contribution in [0.3, 0.4) is 0 Å². The first-order chi connectivity index (χ1) is 11.3. The van der Waals surface area contributed by atoms with E-state index in [0.717, 1.165) is 11.3 Å². The highest BCUT2D eigenvalue weighted by atomic mass is 16.5. The zero-order chi connectivity index (χ0) is 15.8. The van der Waals surface area contributed by atoms with E-state index in [1.807, 2.05) is 71.4 Å². The minimum absolute atomic E-state index is 0.0700. The van der Waals surface area contributed by atoms with Crippen LogP contribution >= 0.6 is 0 Å². The van der Waals surface area contributed by atoms with E-state index >= 15 is 0 Å². The largest absolute Gasteiger partial charge is 0.497 e. The van der Waals surface area contributed by atoms with Gasteiger partial charge in [-0.3, -0.25) is 4.79 Å². The van der Waals surface area contributed by atoms with Crippen LogP contribution < -0.4 is 9.47 Å². The summed E-state index contributed by atoms with van der Waals surface area (Å²) in [6.45, 7) is 0. The van der Waals surface area contributed by atoms with Gasteiger partial charge in [-0.25, -0.2) is 0 Å². The van der Waals surface area contributed by atoms with Crippen LogP contribution in [0.1, 0.15) is 22.2 Å². The highest BCUT2D eigenvalue weighted by Gasteiger charge is 2.31. The van der Waals surface area contributed by atoms with Gasteiger partial charge in [-0.05, 0) is 36.4 Å². The number of aromatic nitrogens is 1. The number of benzene rings is 2. The Kier molecular flexibility index (Phi) is 3.15. The van der Waals surface area contributed by atoms with Crippen LogP contribution in [0.15, 0.2) is 66.9 Å². The molecule has 2 aromatic carbocycles. The van der Waals surface area contributed by atoms with Crippen molar-refractivity contribution in [3.05, 3.63) is 78.1 Å². The van der Waals surface area contributed by atoms with Crippen molar-refractivity contribution in [1.29, 1.82) is 0 Å². The van der Waals surface area contributed by atoms with Gasteiger partial charge in [-0.1, -0.05) is 24.3 Å². The highest BCUT2D eigenvalue weighted by molar-refractivity contribution is 6.00. The molecule has 0 radical (unpaired) electrons. The molecule has 0 aliphatic carbocycles. The zero-order valence-electron chi connectivity index (χ0n) is 12.6. The molecule has 1 atom stereocenters. The van der Waals surface area contributed by atoms with Crippen LogP contribution in [0.4, 0.5) is 0 Å². The molecule has 0 amide bonds. The van der Waals surface area contributed by atoms with Crippen molar-refractivity contribution in [1.82, 2.24) is 4.57 Å². The summed E-state index contributed by atoms with van der Waals surface area (Å²) < 4.78 is 13.2. The number of hydrogen-bond acceptors (Lipinski definition) is 3. The Morgan fingerprint density at radius 2 is 1.91 bits per heavy atom. The summed E-state index contributed by atoms with van der Waals surface area (Å²) >= 11 is 0. The predicted molar refractivity (Wildman–Crippen MR) is 86.5 cm³/mol. The Morgan fingerprint density at radius 3 is 2.78 bits per heavy atom. The van der Waals surface area contributed by atoms with E-state index in [1.54, 1.807) is 7.11 Å². The Balaban J connectivity index is 1.88. The maximum absolute atomic E-state index is 13.0. The van der Waals surface area contributed by atoms with E-state index in [2.05, 4.69) is 0 Å². The lowest BCUT2D eigenvalue weighted by molar-refractivity contribution is 0.0795. The van der Waals surface area contributed by atoms with Crippen molar-refractivity contribution >= 4 is 5.78 Å². The molecule has 114 valence electrons. The third kappa shape index (κ3) is 2.19. The van der Waals surface area contributed by atoms with Gasteiger partial charge in [-0.15, -0.1) is 0 Å². The molecule has 4 heteroatoms. The predicted octanol–water partition coefficient (Wildman–Crippen LogP) is 3.80. The van der Waals surface area contributed by atoms with Gasteiger partial charge in [0.15, 0.2) is 6.10 Å². The molecule has 0 spiro atoms. The second-order valence-corrected chi connectivity index (χ2v) is 5.37. The summed E-state index contributed by atoms with van der Waals surface area (Å²) in [5.41, 5.74) is 2.26.